The first-order valence-corrected chi connectivity index (χ1v) is 6.24. The van der Waals surface area contributed by atoms with Crippen molar-refractivity contribution >= 4 is 11.6 Å². The van der Waals surface area contributed by atoms with E-state index in [9.17, 15) is 4.79 Å². The smallest absolute Gasteiger partial charge is 0.224 e. The summed E-state index contributed by atoms with van der Waals surface area (Å²) in [5, 5.41) is 11.9. The average Bonchev–Trinajstić information content (AvgIpc) is 2.92. The van der Waals surface area contributed by atoms with Crippen molar-refractivity contribution in [3.63, 3.8) is 0 Å². The molecule has 2 N–H and O–H groups in total. The molecule has 0 bridgehead atoms. The van der Waals surface area contributed by atoms with Crippen LogP contribution < -0.4 is 5.32 Å². The molecule has 2 heterocycles. The van der Waals surface area contributed by atoms with Gasteiger partial charge in [0.1, 0.15) is 0 Å². The highest BCUT2D eigenvalue weighted by molar-refractivity contribution is 5.91. The lowest BCUT2D eigenvalue weighted by molar-refractivity contribution is -0.116. The molecule has 0 saturated carbocycles. The molecule has 0 fully saturated rings. The average molecular weight is 259 g/mol. The van der Waals surface area contributed by atoms with Gasteiger partial charge in [-0.05, 0) is 24.6 Å². The van der Waals surface area contributed by atoms with Crippen LogP contribution in [0.25, 0.3) is 0 Å². The SMILES string of the molecule is O=C(CCCn1cccc1)Nc1cnccc1CO. The van der Waals surface area contributed by atoms with Crippen LogP contribution in [-0.4, -0.2) is 20.6 Å². The van der Waals surface area contributed by atoms with Crippen LogP contribution in [0.3, 0.4) is 0 Å². The van der Waals surface area contributed by atoms with Crippen LogP contribution in [0.15, 0.2) is 43.0 Å². The van der Waals surface area contributed by atoms with Crippen molar-refractivity contribution in [3.05, 3.63) is 48.5 Å². The third kappa shape index (κ3) is 3.93. The van der Waals surface area contributed by atoms with E-state index in [0.29, 0.717) is 17.7 Å². The zero-order valence-corrected chi connectivity index (χ0v) is 10.6. The molecular weight excluding hydrogens is 242 g/mol. The van der Waals surface area contributed by atoms with Crippen LogP contribution in [0, 0.1) is 0 Å². The molecule has 19 heavy (non-hydrogen) atoms. The van der Waals surface area contributed by atoms with Gasteiger partial charge in [-0.1, -0.05) is 0 Å². The van der Waals surface area contributed by atoms with E-state index in [1.54, 1.807) is 18.5 Å². The van der Waals surface area contributed by atoms with Crippen molar-refractivity contribution in [2.24, 2.45) is 0 Å². The Morgan fingerprint density at radius 2 is 2.16 bits per heavy atom. The first kappa shape index (κ1) is 13.3. The van der Waals surface area contributed by atoms with E-state index >= 15 is 0 Å². The number of aliphatic hydroxyl groups is 1. The highest BCUT2D eigenvalue weighted by Gasteiger charge is 2.06. The maximum absolute atomic E-state index is 11.8. The van der Waals surface area contributed by atoms with E-state index in [0.717, 1.165) is 13.0 Å². The van der Waals surface area contributed by atoms with Gasteiger partial charge in [0, 0.05) is 37.1 Å². The van der Waals surface area contributed by atoms with Crippen molar-refractivity contribution in [1.29, 1.82) is 0 Å². The number of hydrogen-bond donors (Lipinski definition) is 2. The number of nitrogens with one attached hydrogen (secondary N) is 1. The lowest BCUT2D eigenvalue weighted by atomic mass is 10.2. The van der Waals surface area contributed by atoms with Crippen molar-refractivity contribution in [2.45, 2.75) is 26.0 Å². The molecule has 100 valence electrons. The van der Waals surface area contributed by atoms with E-state index < -0.39 is 0 Å². The number of pyridine rings is 1. The molecule has 2 aromatic heterocycles. The Morgan fingerprint density at radius 1 is 1.37 bits per heavy atom. The van der Waals surface area contributed by atoms with Crippen molar-refractivity contribution in [2.75, 3.05) is 5.32 Å². The van der Waals surface area contributed by atoms with E-state index in [1.165, 1.54) is 0 Å². The minimum atomic E-state index is -0.110. The van der Waals surface area contributed by atoms with Crippen molar-refractivity contribution in [1.82, 2.24) is 9.55 Å². The van der Waals surface area contributed by atoms with E-state index in [-0.39, 0.29) is 12.5 Å². The quantitative estimate of drug-likeness (QED) is 0.831. The topological polar surface area (TPSA) is 67.2 Å². The minimum Gasteiger partial charge on any atom is -0.392 e. The van der Waals surface area contributed by atoms with E-state index in [2.05, 4.69) is 10.3 Å². The zero-order valence-electron chi connectivity index (χ0n) is 10.6. The molecule has 2 aromatic rings. The molecule has 0 radical (unpaired) electrons. The first-order chi connectivity index (χ1) is 9.29. The second kappa shape index (κ2) is 6.70. The lowest BCUT2D eigenvalue weighted by Crippen LogP contribution is -2.13. The number of amides is 1. The number of hydrogen-bond acceptors (Lipinski definition) is 3. The lowest BCUT2D eigenvalue weighted by Gasteiger charge is -2.08. The van der Waals surface area contributed by atoms with Gasteiger partial charge < -0.3 is 15.0 Å². The molecule has 5 heteroatoms. The second-order valence-corrected chi connectivity index (χ2v) is 4.26. The van der Waals surface area contributed by atoms with Gasteiger partial charge in [-0.15, -0.1) is 0 Å². The maximum Gasteiger partial charge on any atom is 0.224 e. The van der Waals surface area contributed by atoms with Gasteiger partial charge in [0.05, 0.1) is 18.5 Å². The van der Waals surface area contributed by atoms with E-state index in [1.807, 2.05) is 29.1 Å². The predicted molar refractivity (Wildman–Crippen MR) is 72.5 cm³/mol. The summed E-state index contributed by atoms with van der Waals surface area (Å²) in [5.74, 6) is -0.0603. The van der Waals surface area contributed by atoms with Gasteiger partial charge in [0.25, 0.3) is 0 Å². The second-order valence-electron chi connectivity index (χ2n) is 4.26. The molecule has 0 saturated heterocycles. The number of anilines is 1. The van der Waals surface area contributed by atoms with Crippen LogP contribution in [0.1, 0.15) is 18.4 Å². The van der Waals surface area contributed by atoms with Crippen LogP contribution in [-0.2, 0) is 17.9 Å². The Bertz CT molecular complexity index is 523. The third-order valence-corrected chi connectivity index (χ3v) is 2.84. The minimum absolute atomic E-state index is 0.0603. The summed E-state index contributed by atoms with van der Waals surface area (Å²) in [7, 11) is 0. The zero-order chi connectivity index (χ0) is 13.5. The molecule has 0 aliphatic rings. The summed E-state index contributed by atoms with van der Waals surface area (Å²) in [4.78, 5) is 15.7. The molecule has 1 amide bonds. The summed E-state index contributed by atoms with van der Waals surface area (Å²) in [6.07, 6.45) is 8.31. The summed E-state index contributed by atoms with van der Waals surface area (Å²) in [6.45, 7) is 0.710. The first-order valence-electron chi connectivity index (χ1n) is 6.24. The molecule has 5 nitrogen and oxygen atoms in total. The van der Waals surface area contributed by atoms with Gasteiger partial charge in [0.2, 0.25) is 5.91 Å². The Hall–Kier alpha value is -2.14. The fourth-order valence-corrected chi connectivity index (χ4v) is 1.83. The third-order valence-electron chi connectivity index (χ3n) is 2.84. The highest BCUT2D eigenvalue weighted by atomic mass is 16.3. The molecular formula is C14H17N3O2. The van der Waals surface area contributed by atoms with E-state index in [4.69, 9.17) is 5.11 Å². The Kier molecular flexibility index (Phi) is 4.69. The van der Waals surface area contributed by atoms with Crippen molar-refractivity contribution < 1.29 is 9.90 Å². The summed E-state index contributed by atoms with van der Waals surface area (Å²) in [5.41, 5.74) is 1.25. The fraction of sp³-hybridized carbons (Fsp3) is 0.286. The number of aromatic nitrogens is 2. The number of rotatable bonds is 6. The van der Waals surface area contributed by atoms with Gasteiger partial charge in [-0.2, -0.15) is 0 Å². The normalized spacial score (nSPS) is 10.4. The Balaban J connectivity index is 1.80. The fourth-order valence-electron chi connectivity index (χ4n) is 1.83. The van der Waals surface area contributed by atoms with Crippen LogP contribution in [0.4, 0.5) is 5.69 Å². The molecule has 0 aliphatic carbocycles. The van der Waals surface area contributed by atoms with Gasteiger partial charge in [-0.25, -0.2) is 0 Å². The van der Waals surface area contributed by atoms with Crippen LogP contribution in [0.2, 0.25) is 0 Å². The number of aliphatic hydroxyl groups excluding tert-OH is 1. The Labute approximate surface area is 111 Å². The van der Waals surface area contributed by atoms with Crippen LogP contribution in [0.5, 0.6) is 0 Å². The molecule has 0 atom stereocenters. The molecule has 0 aliphatic heterocycles. The summed E-state index contributed by atoms with van der Waals surface area (Å²) >= 11 is 0. The van der Waals surface area contributed by atoms with Crippen LogP contribution >= 0.6 is 0 Å². The van der Waals surface area contributed by atoms with Gasteiger partial charge in [-0.3, -0.25) is 9.78 Å². The van der Waals surface area contributed by atoms with Gasteiger partial charge >= 0.3 is 0 Å². The standard InChI is InChI=1S/C14H17N3O2/c18-11-12-5-6-15-10-13(12)16-14(19)4-3-9-17-7-1-2-8-17/h1-2,5-8,10,18H,3-4,9,11H2,(H,16,19). The highest BCUT2D eigenvalue weighted by Crippen LogP contribution is 2.13. The largest absolute Gasteiger partial charge is 0.392 e. The Morgan fingerprint density at radius 3 is 2.89 bits per heavy atom. The molecule has 0 spiro atoms. The molecule has 2 rings (SSSR count). The molecule has 0 unspecified atom stereocenters. The predicted octanol–water partition coefficient (Wildman–Crippen LogP) is 1.79. The molecule has 0 aromatic carbocycles. The van der Waals surface area contributed by atoms with Crippen molar-refractivity contribution in [3.8, 4) is 0 Å². The monoisotopic (exact) mass is 259 g/mol. The summed E-state index contributed by atoms with van der Waals surface area (Å²) in [6, 6.07) is 5.61. The number of carbonyl (C=O) groups excluding carboxylic acids is 1. The number of aryl methyl sites for hydroxylation is 1. The van der Waals surface area contributed by atoms with Gasteiger partial charge in [0.15, 0.2) is 0 Å². The number of carbonyl (C=O) groups is 1. The summed E-state index contributed by atoms with van der Waals surface area (Å²) < 4.78 is 2.04. The maximum atomic E-state index is 11.8. The number of nitrogens with zero attached hydrogens (tertiary/aromatic N) is 2.